The standard InChI is InChI=1S/C19H20N2O3/c1-19(2,3)24-18(22)21-8-4-5-14(11-21)16-12-23-17-9-13(10-20)6-7-15(16)17/h5-7,9,12H,4,8,11H2,1-3H3. The fourth-order valence-corrected chi connectivity index (χ4v) is 2.77. The molecule has 0 N–H and O–H groups in total. The topological polar surface area (TPSA) is 66.5 Å². The van der Waals surface area contributed by atoms with Crippen LogP contribution in [-0.2, 0) is 4.74 Å². The molecule has 0 bridgehead atoms. The highest BCUT2D eigenvalue weighted by molar-refractivity contribution is 5.92. The number of benzene rings is 1. The SMILES string of the molecule is CC(C)(C)OC(=O)N1CCC=C(c2coc3cc(C#N)ccc23)C1. The maximum absolute atomic E-state index is 12.3. The van der Waals surface area contributed by atoms with Crippen LogP contribution in [0.15, 0.2) is 35.0 Å². The first-order chi connectivity index (χ1) is 11.4. The monoisotopic (exact) mass is 324 g/mol. The van der Waals surface area contributed by atoms with E-state index >= 15 is 0 Å². The molecular weight excluding hydrogens is 304 g/mol. The van der Waals surface area contributed by atoms with Crippen molar-refractivity contribution in [3.05, 3.63) is 41.7 Å². The van der Waals surface area contributed by atoms with E-state index in [0.29, 0.717) is 24.2 Å². The number of hydrogen-bond acceptors (Lipinski definition) is 4. The summed E-state index contributed by atoms with van der Waals surface area (Å²) in [6.07, 6.45) is 4.30. The minimum absolute atomic E-state index is 0.298. The lowest BCUT2D eigenvalue weighted by molar-refractivity contribution is 0.0273. The predicted molar refractivity (Wildman–Crippen MR) is 91.3 cm³/mol. The average molecular weight is 324 g/mol. The molecule has 3 rings (SSSR count). The van der Waals surface area contributed by atoms with Crippen molar-refractivity contribution in [2.45, 2.75) is 32.8 Å². The maximum Gasteiger partial charge on any atom is 0.410 e. The van der Waals surface area contributed by atoms with E-state index in [1.54, 1.807) is 23.3 Å². The number of amides is 1. The van der Waals surface area contributed by atoms with Crippen LogP contribution in [0.2, 0.25) is 0 Å². The Balaban J connectivity index is 1.84. The summed E-state index contributed by atoms with van der Waals surface area (Å²) in [5, 5.41) is 9.93. The van der Waals surface area contributed by atoms with Gasteiger partial charge in [-0.3, -0.25) is 0 Å². The number of hydrogen-bond donors (Lipinski definition) is 0. The molecule has 1 aromatic heterocycles. The van der Waals surface area contributed by atoms with Crippen LogP contribution < -0.4 is 0 Å². The van der Waals surface area contributed by atoms with Gasteiger partial charge < -0.3 is 14.1 Å². The number of furan rings is 1. The molecule has 2 heterocycles. The molecule has 5 nitrogen and oxygen atoms in total. The molecule has 2 aromatic rings. The molecule has 1 aromatic carbocycles. The van der Waals surface area contributed by atoms with Crippen LogP contribution in [0.5, 0.6) is 0 Å². The van der Waals surface area contributed by atoms with Crippen molar-refractivity contribution in [3.8, 4) is 6.07 Å². The highest BCUT2D eigenvalue weighted by Crippen LogP contribution is 2.30. The molecule has 24 heavy (non-hydrogen) atoms. The van der Waals surface area contributed by atoms with E-state index in [1.807, 2.05) is 26.8 Å². The highest BCUT2D eigenvalue weighted by Gasteiger charge is 2.25. The van der Waals surface area contributed by atoms with Gasteiger partial charge in [-0.05, 0) is 51.0 Å². The molecule has 0 fully saturated rings. The number of carbonyl (C=O) groups is 1. The average Bonchev–Trinajstić information content (AvgIpc) is 2.96. The summed E-state index contributed by atoms with van der Waals surface area (Å²) in [7, 11) is 0. The third-order valence-electron chi connectivity index (χ3n) is 3.85. The molecule has 1 aliphatic heterocycles. The molecule has 1 amide bonds. The van der Waals surface area contributed by atoms with E-state index in [9.17, 15) is 4.79 Å². The van der Waals surface area contributed by atoms with Crippen LogP contribution in [0, 0.1) is 11.3 Å². The van der Waals surface area contributed by atoms with Gasteiger partial charge in [0.15, 0.2) is 0 Å². The second-order valence-electron chi connectivity index (χ2n) is 6.89. The van der Waals surface area contributed by atoms with Crippen LogP contribution in [0.4, 0.5) is 4.79 Å². The van der Waals surface area contributed by atoms with Gasteiger partial charge >= 0.3 is 6.09 Å². The first kappa shape index (κ1) is 16.1. The number of fused-ring (bicyclic) bond motifs is 1. The second kappa shape index (κ2) is 6.04. The lowest BCUT2D eigenvalue weighted by Gasteiger charge is -2.30. The zero-order chi connectivity index (χ0) is 17.3. The summed E-state index contributed by atoms with van der Waals surface area (Å²) in [6.45, 7) is 6.72. The van der Waals surface area contributed by atoms with Crippen LogP contribution in [0.1, 0.15) is 38.3 Å². The molecule has 0 unspecified atom stereocenters. The van der Waals surface area contributed by atoms with Gasteiger partial charge in [0.25, 0.3) is 0 Å². The maximum atomic E-state index is 12.3. The van der Waals surface area contributed by atoms with E-state index in [0.717, 1.165) is 22.9 Å². The zero-order valence-corrected chi connectivity index (χ0v) is 14.1. The van der Waals surface area contributed by atoms with Crippen LogP contribution in [0.3, 0.4) is 0 Å². The third kappa shape index (κ3) is 3.28. The van der Waals surface area contributed by atoms with Gasteiger partial charge in [0.1, 0.15) is 11.2 Å². The Morgan fingerprint density at radius 3 is 2.88 bits per heavy atom. The van der Waals surface area contributed by atoms with Crippen LogP contribution >= 0.6 is 0 Å². The van der Waals surface area contributed by atoms with E-state index in [2.05, 4.69) is 12.1 Å². The van der Waals surface area contributed by atoms with Crippen molar-refractivity contribution in [3.63, 3.8) is 0 Å². The Morgan fingerprint density at radius 1 is 1.38 bits per heavy atom. The summed E-state index contributed by atoms with van der Waals surface area (Å²) in [4.78, 5) is 14.0. The Bertz CT molecular complexity index is 850. The number of ether oxygens (including phenoxy) is 1. The number of rotatable bonds is 1. The smallest absolute Gasteiger partial charge is 0.410 e. The van der Waals surface area contributed by atoms with Gasteiger partial charge in [0.05, 0.1) is 17.9 Å². The molecular formula is C19H20N2O3. The fourth-order valence-electron chi connectivity index (χ4n) is 2.77. The summed E-state index contributed by atoms with van der Waals surface area (Å²) in [6, 6.07) is 7.50. The normalized spacial score (nSPS) is 15.1. The third-order valence-corrected chi connectivity index (χ3v) is 3.85. The van der Waals surface area contributed by atoms with E-state index in [4.69, 9.17) is 14.4 Å². The Kier molecular flexibility index (Phi) is 4.06. The first-order valence-electron chi connectivity index (χ1n) is 7.96. The summed E-state index contributed by atoms with van der Waals surface area (Å²) >= 11 is 0. The van der Waals surface area contributed by atoms with Gasteiger partial charge in [-0.15, -0.1) is 0 Å². The Morgan fingerprint density at radius 2 is 2.17 bits per heavy atom. The molecule has 0 spiro atoms. The van der Waals surface area contributed by atoms with Gasteiger partial charge in [0, 0.05) is 24.0 Å². The second-order valence-corrected chi connectivity index (χ2v) is 6.89. The minimum Gasteiger partial charge on any atom is -0.464 e. The van der Waals surface area contributed by atoms with Crippen molar-refractivity contribution < 1.29 is 13.9 Å². The summed E-state index contributed by atoms with van der Waals surface area (Å²) in [5.74, 6) is 0. The summed E-state index contributed by atoms with van der Waals surface area (Å²) in [5.41, 5.74) is 2.74. The van der Waals surface area contributed by atoms with E-state index < -0.39 is 5.60 Å². The molecule has 0 aliphatic carbocycles. The number of nitriles is 1. The van der Waals surface area contributed by atoms with Crippen molar-refractivity contribution in [2.75, 3.05) is 13.1 Å². The van der Waals surface area contributed by atoms with Crippen molar-refractivity contribution in [1.82, 2.24) is 4.90 Å². The minimum atomic E-state index is -0.506. The Labute approximate surface area is 141 Å². The van der Waals surface area contributed by atoms with Gasteiger partial charge in [-0.1, -0.05) is 6.08 Å². The fraction of sp³-hybridized carbons (Fsp3) is 0.368. The van der Waals surface area contributed by atoms with Gasteiger partial charge in [-0.25, -0.2) is 4.79 Å². The zero-order valence-electron chi connectivity index (χ0n) is 14.1. The molecule has 0 radical (unpaired) electrons. The molecule has 0 saturated heterocycles. The number of carbonyl (C=O) groups excluding carboxylic acids is 1. The first-order valence-corrected chi connectivity index (χ1v) is 7.96. The largest absolute Gasteiger partial charge is 0.464 e. The van der Waals surface area contributed by atoms with E-state index in [1.165, 1.54) is 0 Å². The van der Waals surface area contributed by atoms with Crippen LogP contribution in [-0.4, -0.2) is 29.7 Å². The molecule has 124 valence electrons. The van der Waals surface area contributed by atoms with Crippen molar-refractivity contribution in [1.29, 1.82) is 5.26 Å². The molecule has 1 aliphatic rings. The van der Waals surface area contributed by atoms with Crippen LogP contribution in [0.25, 0.3) is 16.5 Å². The lowest BCUT2D eigenvalue weighted by atomic mass is 10.00. The van der Waals surface area contributed by atoms with Crippen molar-refractivity contribution in [2.24, 2.45) is 0 Å². The predicted octanol–water partition coefficient (Wildman–Crippen LogP) is 4.33. The summed E-state index contributed by atoms with van der Waals surface area (Å²) < 4.78 is 11.1. The Hall–Kier alpha value is -2.74. The van der Waals surface area contributed by atoms with Crippen molar-refractivity contribution >= 4 is 22.6 Å². The quantitative estimate of drug-likeness (QED) is 0.783. The van der Waals surface area contributed by atoms with E-state index in [-0.39, 0.29) is 6.09 Å². The lowest BCUT2D eigenvalue weighted by Crippen LogP contribution is -2.39. The van der Waals surface area contributed by atoms with Gasteiger partial charge in [-0.2, -0.15) is 5.26 Å². The number of nitrogens with zero attached hydrogens (tertiary/aromatic N) is 2. The molecule has 0 atom stereocenters. The highest BCUT2D eigenvalue weighted by atomic mass is 16.6. The molecule has 5 heteroatoms. The molecule has 0 saturated carbocycles. The van der Waals surface area contributed by atoms with Gasteiger partial charge in [0.2, 0.25) is 0 Å².